The van der Waals surface area contributed by atoms with Crippen LogP contribution in [0.3, 0.4) is 0 Å². The van der Waals surface area contributed by atoms with Crippen molar-refractivity contribution in [2.45, 2.75) is 0 Å². The number of aldehydes is 1. The van der Waals surface area contributed by atoms with E-state index in [0.29, 0.717) is 10.6 Å². The van der Waals surface area contributed by atoms with Gasteiger partial charge in [0.25, 0.3) is 0 Å². The molecule has 3 heteroatoms. The smallest absolute Gasteiger partial charge is 0.150 e. The van der Waals surface area contributed by atoms with Gasteiger partial charge in [0.05, 0.1) is 7.11 Å². The zero-order valence-electron chi connectivity index (χ0n) is 9.31. The van der Waals surface area contributed by atoms with E-state index in [0.717, 1.165) is 23.2 Å². The van der Waals surface area contributed by atoms with E-state index in [1.54, 1.807) is 25.3 Å². The minimum atomic E-state index is 0.612. The Kier molecular flexibility index (Phi) is 3.45. The lowest BCUT2D eigenvalue weighted by Crippen LogP contribution is -1.88. The van der Waals surface area contributed by atoms with E-state index in [4.69, 9.17) is 16.3 Å². The zero-order valence-corrected chi connectivity index (χ0v) is 10.1. The summed E-state index contributed by atoms with van der Waals surface area (Å²) in [5.74, 6) is 0.781. The van der Waals surface area contributed by atoms with Crippen molar-refractivity contribution >= 4 is 17.9 Å². The highest BCUT2D eigenvalue weighted by Gasteiger charge is 2.05. The highest BCUT2D eigenvalue weighted by atomic mass is 35.5. The predicted octanol–water partition coefficient (Wildman–Crippen LogP) is 3.83. The number of methoxy groups -OCH3 is 1. The average Bonchev–Trinajstić information content (AvgIpc) is 2.39. The number of hydrogen-bond donors (Lipinski definition) is 0. The first kappa shape index (κ1) is 11.7. The summed E-state index contributed by atoms with van der Waals surface area (Å²) in [5, 5.41) is 0.612. The molecule has 0 radical (unpaired) electrons. The quantitative estimate of drug-likeness (QED) is 0.770. The van der Waals surface area contributed by atoms with Crippen molar-refractivity contribution in [1.82, 2.24) is 0 Å². The van der Waals surface area contributed by atoms with E-state index in [9.17, 15) is 4.79 Å². The molecule has 86 valence electrons. The van der Waals surface area contributed by atoms with Gasteiger partial charge in [-0.3, -0.25) is 4.79 Å². The van der Waals surface area contributed by atoms with Crippen molar-refractivity contribution in [1.29, 1.82) is 0 Å². The second kappa shape index (κ2) is 5.02. The first-order chi connectivity index (χ1) is 8.24. The molecule has 2 aromatic carbocycles. The van der Waals surface area contributed by atoms with Gasteiger partial charge in [0, 0.05) is 10.6 Å². The monoisotopic (exact) mass is 246 g/mol. The van der Waals surface area contributed by atoms with Gasteiger partial charge in [0.15, 0.2) is 6.29 Å². The van der Waals surface area contributed by atoms with E-state index >= 15 is 0 Å². The minimum Gasteiger partial charge on any atom is -0.497 e. The molecule has 0 atom stereocenters. The van der Waals surface area contributed by atoms with Gasteiger partial charge >= 0.3 is 0 Å². The summed E-state index contributed by atoms with van der Waals surface area (Å²) in [5.41, 5.74) is 2.39. The zero-order chi connectivity index (χ0) is 12.3. The first-order valence-corrected chi connectivity index (χ1v) is 5.51. The third-order valence-electron chi connectivity index (χ3n) is 2.54. The summed E-state index contributed by atoms with van der Waals surface area (Å²) in [7, 11) is 1.62. The van der Waals surface area contributed by atoms with Gasteiger partial charge in [-0.2, -0.15) is 0 Å². The van der Waals surface area contributed by atoms with Crippen LogP contribution >= 0.6 is 11.6 Å². The maximum atomic E-state index is 11.0. The van der Waals surface area contributed by atoms with E-state index in [1.807, 2.05) is 24.3 Å². The van der Waals surface area contributed by atoms with Crippen LogP contribution in [-0.4, -0.2) is 13.4 Å². The van der Waals surface area contributed by atoms with Crippen molar-refractivity contribution in [3.63, 3.8) is 0 Å². The Labute approximate surface area is 105 Å². The molecule has 0 spiro atoms. The molecule has 0 saturated heterocycles. The van der Waals surface area contributed by atoms with Crippen LogP contribution in [0, 0.1) is 0 Å². The average molecular weight is 247 g/mol. The predicted molar refractivity (Wildman–Crippen MR) is 68.8 cm³/mol. The number of carbonyl (C=O) groups excluding carboxylic acids is 1. The highest BCUT2D eigenvalue weighted by molar-refractivity contribution is 6.31. The Morgan fingerprint density at radius 1 is 1.12 bits per heavy atom. The molecule has 0 bridgehead atoms. The third-order valence-corrected chi connectivity index (χ3v) is 2.78. The summed E-state index contributed by atoms with van der Waals surface area (Å²) in [4.78, 5) is 11.0. The van der Waals surface area contributed by atoms with Crippen LogP contribution in [0.25, 0.3) is 11.1 Å². The Balaban J connectivity index is 2.50. The number of hydrogen-bond acceptors (Lipinski definition) is 2. The van der Waals surface area contributed by atoms with Crippen molar-refractivity contribution in [2.24, 2.45) is 0 Å². The van der Waals surface area contributed by atoms with Gasteiger partial charge in [-0.1, -0.05) is 23.7 Å². The van der Waals surface area contributed by atoms with Crippen LogP contribution in [-0.2, 0) is 0 Å². The lowest BCUT2D eigenvalue weighted by Gasteiger charge is -2.07. The van der Waals surface area contributed by atoms with Crippen molar-refractivity contribution in [3.8, 4) is 16.9 Å². The standard InChI is InChI=1S/C14H11ClO2/c1-17-13-6-3-10(4-7-13)14-8-12(15)5-2-11(14)9-16/h2-9H,1H3. The summed E-state index contributed by atoms with van der Waals surface area (Å²) < 4.78 is 5.09. The van der Waals surface area contributed by atoms with Crippen LogP contribution in [0.2, 0.25) is 5.02 Å². The molecule has 2 nitrogen and oxygen atoms in total. The normalized spacial score (nSPS) is 10.0. The van der Waals surface area contributed by atoms with Crippen LogP contribution in [0.1, 0.15) is 10.4 Å². The van der Waals surface area contributed by atoms with Crippen molar-refractivity contribution < 1.29 is 9.53 Å². The summed E-state index contributed by atoms with van der Waals surface area (Å²) in [6, 6.07) is 12.7. The molecule has 0 aliphatic rings. The number of rotatable bonds is 3. The molecule has 2 rings (SSSR count). The number of halogens is 1. The largest absolute Gasteiger partial charge is 0.497 e. The highest BCUT2D eigenvalue weighted by Crippen LogP contribution is 2.27. The summed E-state index contributed by atoms with van der Waals surface area (Å²) in [6.07, 6.45) is 0.829. The molecule has 0 aliphatic carbocycles. The van der Waals surface area contributed by atoms with E-state index in [2.05, 4.69) is 0 Å². The van der Waals surface area contributed by atoms with Gasteiger partial charge in [0.1, 0.15) is 5.75 Å². The Hall–Kier alpha value is -1.80. The van der Waals surface area contributed by atoms with Crippen LogP contribution in [0.15, 0.2) is 42.5 Å². The summed E-state index contributed by atoms with van der Waals surface area (Å²) in [6.45, 7) is 0. The van der Waals surface area contributed by atoms with Gasteiger partial charge in [0.2, 0.25) is 0 Å². The van der Waals surface area contributed by atoms with E-state index in [1.165, 1.54) is 0 Å². The lowest BCUT2D eigenvalue weighted by molar-refractivity contribution is 0.112. The molecule has 0 unspecified atom stereocenters. The fourth-order valence-corrected chi connectivity index (χ4v) is 1.82. The molecule has 0 aliphatic heterocycles. The summed E-state index contributed by atoms with van der Waals surface area (Å²) >= 11 is 5.94. The Morgan fingerprint density at radius 3 is 2.41 bits per heavy atom. The second-order valence-electron chi connectivity index (χ2n) is 3.58. The van der Waals surface area contributed by atoms with Crippen LogP contribution < -0.4 is 4.74 Å². The number of ether oxygens (including phenoxy) is 1. The lowest BCUT2D eigenvalue weighted by atomic mass is 10.0. The third kappa shape index (κ3) is 2.48. The van der Waals surface area contributed by atoms with Gasteiger partial charge in [-0.25, -0.2) is 0 Å². The Bertz CT molecular complexity index is 532. The van der Waals surface area contributed by atoms with Gasteiger partial charge in [-0.05, 0) is 41.5 Å². The molecular weight excluding hydrogens is 236 g/mol. The molecular formula is C14H11ClO2. The van der Waals surface area contributed by atoms with E-state index in [-0.39, 0.29) is 0 Å². The molecule has 0 amide bonds. The fourth-order valence-electron chi connectivity index (χ4n) is 1.65. The second-order valence-corrected chi connectivity index (χ2v) is 4.01. The maximum absolute atomic E-state index is 11.0. The molecule has 0 heterocycles. The van der Waals surface area contributed by atoms with Gasteiger partial charge < -0.3 is 4.74 Å². The van der Waals surface area contributed by atoms with Crippen molar-refractivity contribution in [3.05, 3.63) is 53.1 Å². The maximum Gasteiger partial charge on any atom is 0.150 e. The Morgan fingerprint density at radius 2 is 1.82 bits per heavy atom. The van der Waals surface area contributed by atoms with Gasteiger partial charge in [-0.15, -0.1) is 0 Å². The topological polar surface area (TPSA) is 26.3 Å². The minimum absolute atomic E-state index is 0.612. The van der Waals surface area contributed by atoms with Crippen LogP contribution in [0.5, 0.6) is 5.75 Å². The SMILES string of the molecule is COc1ccc(-c2cc(Cl)ccc2C=O)cc1. The molecule has 0 fully saturated rings. The van der Waals surface area contributed by atoms with Crippen molar-refractivity contribution in [2.75, 3.05) is 7.11 Å². The number of benzene rings is 2. The first-order valence-electron chi connectivity index (χ1n) is 5.14. The van der Waals surface area contributed by atoms with Crippen LogP contribution in [0.4, 0.5) is 0 Å². The molecule has 0 saturated carbocycles. The molecule has 17 heavy (non-hydrogen) atoms. The fraction of sp³-hybridized carbons (Fsp3) is 0.0714. The molecule has 0 N–H and O–H groups in total. The molecule has 2 aromatic rings. The van der Waals surface area contributed by atoms with E-state index < -0.39 is 0 Å². The molecule has 0 aromatic heterocycles. The number of carbonyl (C=O) groups is 1.